The number of nitrogens with zero attached hydrogens (tertiary/aromatic N) is 6. The maximum atomic E-state index is 13.6. The van der Waals surface area contributed by atoms with Gasteiger partial charge in [-0.25, -0.2) is 24.4 Å². The Morgan fingerprint density at radius 3 is 2.45 bits per heavy atom. The molecule has 3 atom stereocenters. The van der Waals surface area contributed by atoms with Crippen LogP contribution in [-0.4, -0.2) is 129 Å². The Kier molecular flexibility index (Phi) is 8.99. The SMILES string of the molecule is CC(C)(O/N=C(\C(=O)NC1C(=O)N2C[C@@](C(=O)O)(N3CCN(/N=C(\C(N)=O)c4ccc(O)c(O)c4Cl)C3=O)S[C@H]12)c1csc(N)n1)C(=O)O. The summed E-state index contributed by atoms with van der Waals surface area (Å²) in [6, 6.07) is -0.125. The molecule has 0 spiro atoms. The van der Waals surface area contributed by atoms with Crippen molar-refractivity contribution in [3.05, 3.63) is 33.8 Å². The summed E-state index contributed by atoms with van der Waals surface area (Å²) in [4.78, 5) is 85.7. The van der Waals surface area contributed by atoms with Crippen LogP contribution in [0.1, 0.15) is 25.1 Å². The molecule has 2 aromatic rings. The molecule has 23 heteroatoms. The number of hydrazone groups is 1. The third kappa shape index (κ3) is 6.08. The first-order valence-electron chi connectivity index (χ1n) is 13.8. The molecule has 3 fully saturated rings. The van der Waals surface area contributed by atoms with Crippen molar-refractivity contribution in [2.24, 2.45) is 16.0 Å². The lowest BCUT2D eigenvalue weighted by molar-refractivity contribution is -0.161. The smallest absolute Gasteiger partial charge is 0.350 e. The number of nitrogens with two attached hydrogens (primary N) is 2. The van der Waals surface area contributed by atoms with Crippen molar-refractivity contribution in [3.8, 4) is 11.5 Å². The fraction of sp³-hybridized carbons (Fsp3) is 0.346. The molecule has 0 saturated carbocycles. The first-order chi connectivity index (χ1) is 22.9. The van der Waals surface area contributed by atoms with Gasteiger partial charge in [-0.3, -0.25) is 19.3 Å². The molecule has 3 aliphatic heterocycles. The Morgan fingerprint density at radius 1 is 1.16 bits per heavy atom. The number of oxime groups is 1. The predicted octanol–water partition coefficient (Wildman–Crippen LogP) is -0.818. The number of nitrogen functional groups attached to an aromatic ring is 1. The summed E-state index contributed by atoms with van der Waals surface area (Å²) in [5.74, 6) is -7.09. The van der Waals surface area contributed by atoms with E-state index < -0.39 is 92.1 Å². The number of benzene rings is 1. The summed E-state index contributed by atoms with van der Waals surface area (Å²) in [6.07, 6.45) is 0. The molecule has 0 radical (unpaired) electrons. The summed E-state index contributed by atoms with van der Waals surface area (Å²) in [5.41, 5.74) is 7.91. The summed E-state index contributed by atoms with van der Waals surface area (Å²) in [5, 5.41) is 50.2. The number of β-lactam (4-membered cyclic amide) rings is 1. The van der Waals surface area contributed by atoms with E-state index in [1.807, 2.05) is 0 Å². The summed E-state index contributed by atoms with van der Waals surface area (Å²) in [6.45, 7) is 1.44. The Hall–Kier alpha value is -5.35. The molecule has 3 aliphatic rings. The summed E-state index contributed by atoms with van der Waals surface area (Å²) < 4.78 is 0. The first kappa shape index (κ1) is 35.0. The predicted molar refractivity (Wildman–Crippen MR) is 171 cm³/mol. The number of carboxylic acids is 2. The topological polar surface area (TPSA) is 304 Å². The van der Waals surface area contributed by atoms with Gasteiger partial charge in [0.2, 0.25) is 16.4 Å². The molecule has 0 aliphatic carbocycles. The number of hydrogen-bond donors (Lipinski definition) is 7. The molecular weight excluding hydrogens is 714 g/mol. The standard InChI is InChI=1S/C26H26ClN9O11S2/c1-25(2,21(42)43)47-33-14(10-7-48-23(29)30-10)18(40)31-15-19(41)34-8-26(22(44)45,49-20(15)34)35-5-6-36(24(35)46)32-13(17(28)39)9-3-4-11(37)16(38)12(9)27/h3-4,7,15,20,37-38H,5-6,8H2,1-2H3,(H2,28,39)(H2,29,30)(H,31,40)(H,42,43)(H,44,45)/b32-13-,33-14-/t15?,20-,26-/m1/s1. The summed E-state index contributed by atoms with van der Waals surface area (Å²) in [7, 11) is 0. The Balaban J connectivity index is 1.37. The molecule has 0 bridgehead atoms. The van der Waals surface area contributed by atoms with E-state index in [-0.39, 0.29) is 29.5 Å². The highest BCUT2D eigenvalue weighted by Crippen LogP contribution is 2.49. The molecule has 1 aromatic carbocycles. The second kappa shape index (κ2) is 12.6. The van der Waals surface area contributed by atoms with Gasteiger partial charge in [-0.2, -0.15) is 5.10 Å². The van der Waals surface area contributed by atoms with Crippen molar-refractivity contribution < 1.29 is 54.0 Å². The van der Waals surface area contributed by atoms with E-state index in [4.69, 9.17) is 27.9 Å². The molecule has 1 aromatic heterocycles. The number of rotatable bonds is 11. The van der Waals surface area contributed by atoms with Crippen molar-refractivity contribution in [1.29, 1.82) is 0 Å². The number of fused-ring (bicyclic) bond motifs is 1. The molecule has 9 N–H and O–H groups in total. The van der Waals surface area contributed by atoms with Crippen LogP contribution in [0.3, 0.4) is 0 Å². The number of phenols is 2. The molecule has 49 heavy (non-hydrogen) atoms. The lowest BCUT2D eigenvalue weighted by atomic mass is 10.1. The zero-order valence-electron chi connectivity index (χ0n) is 25.2. The fourth-order valence-electron chi connectivity index (χ4n) is 4.86. The molecule has 20 nitrogen and oxygen atoms in total. The average molecular weight is 740 g/mol. The van der Waals surface area contributed by atoms with Gasteiger partial charge in [-0.05, 0) is 26.0 Å². The van der Waals surface area contributed by atoms with Crippen molar-refractivity contribution in [1.82, 2.24) is 25.1 Å². The number of aromatic nitrogens is 1. The summed E-state index contributed by atoms with van der Waals surface area (Å²) >= 11 is 7.71. The number of carbonyl (C=O) groups excluding carboxylic acids is 4. The first-order valence-corrected chi connectivity index (χ1v) is 15.9. The lowest BCUT2D eigenvalue weighted by Crippen LogP contribution is -2.68. The molecule has 4 heterocycles. The van der Waals surface area contributed by atoms with E-state index in [2.05, 4.69) is 20.6 Å². The minimum absolute atomic E-state index is 0.0531. The monoisotopic (exact) mass is 739 g/mol. The van der Waals surface area contributed by atoms with Gasteiger partial charge in [0.25, 0.3) is 11.8 Å². The van der Waals surface area contributed by atoms with Crippen molar-refractivity contribution in [3.63, 3.8) is 0 Å². The molecular formula is C26H26ClN9O11S2. The van der Waals surface area contributed by atoms with E-state index in [1.54, 1.807) is 0 Å². The van der Waals surface area contributed by atoms with Crippen LogP contribution in [0.2, 0.25) is 5.02 Å². The molecule has 5 rings (SSSR count). The molecule has 1 unspecified atom stereocenters. The quantitative estimate of drug-likeness (QED) is 0.0641. The number of urea groups is 1. The average Bonchev–Trinajstić information content (AvgIpc) is 3.73. The van der Waals surface area contributed by atoms with Crippen molar-refractivity contribution in [2.75, 3.05) is 25.4 Å². The Morgan fingerprint density at radius 2 is 1.86 bits per heavy atom. The highest BCUT2D eigenvalue weighted by atomic mass is 35.5. The van der Waals surface area contributed by atoms with Gasteiger partial charge < -0.3 is 46.9 Å². The Labute approximate surface area is 287 Å². The maximum absolute atomic E-state index is 13.6. The van der Waals surface area contributed by atoms with Gasteiger partial charge in [0.1, 0.15) is 17.1 Å². The van der Waals surface area contributed by atoms with Crippen LogP contribution in [0.15, 0.2) is 27.8 Å². The molecule has 5 amide bonds. The van der Waals surface area contributed by atoms with Crippen LogP contribution in [0.25, 0.3) is 0 Å². The number of nitrogens with one attached hydrogen (secondary N) is 1. The largest absolute Gasteiger partial charge is 0.504 e. The van der Waals surface area contributed by atoms with Crippen LogP contribution >= 0.6 is 34.7 Å². The van der Waals surface area contributed by atoms with Crippen LogP contribution in [-0.2, 0) is 28.8 Å². The second-order valence-corrected chi connectivity index (χ2v) is 13.8. The van der Waals surface area contributed by atoms with Crippen LogP contribution in [0, 0.1) is 0 Å². The Bertz CT molecular complexity index is 1870. The maximum Gasteiger partial charge on any atom is 0.350 e. The van der Waals surface area contributed by atoms with Crippen LogP contribution in [0.5, 0.6) is 11.5 Å². The number of carbonyl (C=O) groups is 6. The van der Waals surface area contributed by atoms with Gasteiger partial charge in [0.15, 0.2) is 28.1 Å². The van der Waals surface area contributed by atoms with Crippen molar-refractivity contribution >= 4 is 86.9 Å². The normalized spacial score (nSPS) is 22.6. The number of halogens is 1. The number of primary amides is 1. The number of phenolic OH excluding ortho intramolecular Hbond substituents is 2. The third-order valence-electron chi connectivity index (χ3n) is 7.55. The molecule has 3 saturated heterocycles. The zero-order valence-corrected chi connectivity index (χ0v) is 27.6. The van der Waals surface area contributed by atoms with E-state index >= 15 is 0 Å². The van der Waals surface area contributed by atoms with E-state index in [0.29, 0.717) is 11.8 Å². The van der Waals surface area contributed by atoms with Gasteiger partial charge in [0, 0.05) is 17.5 Å². The minimum Gasteiger partial charge on any atom is -0.504 e. The minimum atomic E-state index is -2.06. The van der Waals surface area contributed by atoms with Crippen molar-refractivity contribution in [2.45, 2.75) is 35.7 Å². The van der Waals surface area contributed by atoms with Gasteiger partial charge in [-0.15, -0.1) is 11.3 Å². The van der Waals surface area contributed by atoms with E-state index in [9.17, 15) is 49.2 Å². The lowest BCUT2D eigenvalue weighted by Gasteiger charge is -2.41. The van der Waals surface area contributed by atoms with Gasteiger partial charge in [0.05, 0.1) is 18.1 Å². The highest BCUT2D eigenvalue weighted by molar-refractivity contribution is 8.02. The van der Waals surface area contributed by atoms with Gasteiger partial charge in [-0.1, -0.05) is 28.5 Å². The number of thiazole rings is 1. The number of anilines is 1. The third-order valence-corrected chi connectivity index (χ3v) is 10.3. The number of thioether (sulfide) groups is 1. The van der Waals surface area contributed by atoms with E-state index in [1.165, 1.54) is 19.2 Å². The number of carboxylic acid groups (broad SMARTS) is 2. The van der Waals surface area contributed by atoms with Crippen LogP contribution in [0.4, 0.5) is 9.93 Å². The highest BCUT2D eigenvalue weighted by Gasteiger charge is 2.66. The van der Waals surface area contributed by atoms with Gasteiger partial charge >= 0.3 is 18.0 Å². The number of aliphatic carboxylic acids is 2. The number of hydrogen-bond acceptors (Lipinski definition) is 15. The second-order valence-electron chi connectivity index (χ2n) is 11.1. The fourth-order valence-corrected chi connectivity index (χ4v) is 7.30. The zero-order chi connectivity index (χ0) is 36.2. The number of amides is 5. The van der Waals surface area contributed by atoms with Crippen LogP contribution < -0.4 is 16.8 Å². The van der Waals surface area contributed by atoms with E-state index in [0.717, 1.165) is 38.3 Å². The molecule has 260 valence electrons. The number of aromatic hydroxyl groups is 2.